The molecule has 1 amide bonds. The topological polar surface area (TPSA) is 42.0 Å². The van der Waals surface area contributed by atoms with E-state index in [1.54, 1.807) is 11.3 Å². The van der Waals surface area contributed by atoms with E-state index in [0.29, 0.717) is 6.42 Å². The zero-order valence-electron chi connectivity index (χ0n) is 13.4. The third-order valence-electron chi connectivity index (χ3n) is 3.80. The van der Waals surface area contributed by atoms with Crippen molar-refractivity contribution in [2.45, 2.75) is 33.1 Å². The van der Waals surface area contributed by atoms with Crippen molar-refractivity contribution in [1.29, 1.82) is 0 Å². The second-order valence-corrected chi connectivity index (χ2v) is 6.91. The van der Waals surface area contributed by atoms with Gasteiger partial charge in [-0.05, 0) is 56.0 Å². The van der Waals surface area contributed by atoms with Gasteiger partial charge in [0.2, 0.25) is 5.91 Å². The first-order valence-electron chi connectivity index (χ1n) is 7.83. The number of carbonyl (C=O) groups is 1. The number of benzene rings is 2. The highest BCUT2D eigenvalue weighted by atomic mass is 32.1. The number of rotatable bonds is 5. The quantitative estimate of drug-likeness (QED) is 0.727. The number of thiazole rings is 1. The summed E-state index contributed by atoms with van der Waals surface area (Å²) in [5.74, 6) is 0.0693. The average Bonchev–Trinajstić information content (AvgIpc) is 2.93. The van der Waals surface area contributed by atoms with Crippen molar-refractivity contribution in [3.8, 4) is 0 Å². The van der Waals surface area contributed by atoms with E-state index in [0.717, 1.165) is 40.2 Å². The molecule has 0 fully saturated rings. The number of anilines is 1. The van der Waals surface area contributed by atoms with Gasteiger partial charge in [0, 0.05) is 12.1 Å². The highest BCUT2D eigenvalue weighted by Gasteiger charge is 2.07. The summed E-state index contributed by atoms with van der Waals surface area (Å²) in [5.41, 5.74) is 4.21. The van der Waals surface area contributed by atoms with Gasteiger partial charge in [0.1, 0.15) is 0 Å². The lowest BCUT2D eigenvalue weighted by molar-refractivity contribution is -0.116. The predicted molar refractivity (Wildman–Crippen MR) is 97.1 cm³/mol. The second kappa shape index (κ2) is 6.92. The minimum absolute atomic E-state index is 0.0693. The van der Waals surface area contributed by atoms with Crippen molar-refractivity contribution in [3.05, 3.63) is 58.6 Å². The summed E-state index contributed by atoms with van der Waals surface area (Å²) in [4.78, 5) is 16.7. The molecule has 0 spiro atoms. The van der Waals surface area contributed by atoms with Gasteiger partial charge in [0.05, 0.1) is 15.2 Å². The van der Waals surface area contributed by atoms with Gasteiger partial charge in [-0.3, -0.25) is 4.79 Å². The van der Waals surface area contributed by atoms with Crippen LogP contribution in [0.15, 0.2) is 42.5 Å². The lowest BCUT2D eigenvalue weighted by atomic mass is 10.1. The van der Waals surface area contributed by atoms with Crippen molar-refractivity contribution in [1.82, 2.24) is 4.98 Å². The largest absolute Gasteiger partial charge is 0.326 e. The van der Waals surface area contributed by atoms with E-state index in [1.165, 1.54) is 4.70 Å². The van der Waals surface area contributed by atoms with Crippen LogP contribution >= 0.6 is 11.3 Å². The van der Waals surface area contributed by atoms with Crippen LogP contribution in [0, 0.1) is 13.8 Å². The summed E-state index contributed by atoms with van der Waals surface area (Å²) in [7, 11) is 0. The van der Waals surface area contributed by atoms with Gasteiger partial charge in [-0.1, -0.05) is 24.3 Å². The van der Waals surface area contributed by atoms with E-state index in [4.69, 9.17) is 0 Å². The molecule has 1 N–H and O–H groups in total. The Morgan fingerprint density at radius 2 is 2.00 bits per heavy atom. The molecule has 118 valence electrons. The molecule has 0 aliphatic rings. The summed E-state index contributed by atoms with van der Waals surface area (Å²) in [6.07, 6.45) is 2.18. The van der Waals surface area contributed by atoms with E-state index in [2.05, 4.69) is 22.4 Å². The Hall–Kier alpha value is -2.20. The first-order chi connectivity index (χ1) is 11.1. The van der Waals surface area contributed by atoms with Gasteiger partial charge in [0.15, 0.2) is 0 Å². The molecule has 0 aliphatic heterocycles. The number of hydrogen-bond acceptors (Lipinski definition) is 3. The summed E-state index contributed by atoms with van der Waals surface area (Å²) >= 11 is 1.71. The minimum atomic E-state index is 0.0693. The van der Waals surface area contributed by atoms with Crippen molar-refractivity contribution >= 4 is 33.1 Å². The van der Waals surface area contributed by atoms with E-state index < -0.39 is 0 Å². The van der Waals surface area contributed by atoms with Crippen LogP contribution in [0.4, 0.5) is 5.69 Å². The van der Waals surface area contributed by atoms with Crippen LogP contribution in [0.2, 0.25) is 0 Å². The molecule has 0 bridgehead atoms. The molecule has 0 aliphatic carbocycles. The molecule has 3 rings (SSSR count). The van der Waals surface area contributed by atoms with Crippen LogP contribution in [0.3, 0.4) is 0 Å². The molecule has 23 heavy (non-hydrogen) atoms. The Balaban J connectivity index is 1.53. The van der Waals surface area contributed by atoms with Crippen molar-refractivity contribution in [2.24, 2.45) is 0 Å². The molecular formula is C19H20N2OS. The summed E-state index contributed by atoms with van der Waals surface area (Å²) in [6, 6.07) is 14.3. The summed E-state index contributed by atoms with van der Waals surface area (Å²) < 4.78 is 1.21. The molecule has 1 heterocycles. The number of hydrogen-bond donors (Lipinski definition) is 1. The molecule has 0 saturated carbocycles. The zero-order chi connectivity index (χ0) is 16.2. The lowest BCUT2D eigenvalue weighted by Crippen LogP contribution is -2.12. The van der Waals surface area contributed by atoms with Gasteiger partial charge >= 0.3 is 0 Å². The molecule has 3 nitrogen and oxygen atoms in total. The predicted octanol–water partition coefficient (Wildman–Crippen LogP) is 4.87. The smallest absolute Gasteiger partial charge is 0.224 e. The van der Waals surface area contributed by atoms with Crippen molar-refractivity contribution in [3.63, 3.8) is 0 Å². The zero-order valence-corrected chi connectivity index (χ0v) is 14.2. The van der Waals surface area contributed by atoms with E-state index in [9.17, 15) is 4.79 Å². The van der Waals surface area contributed by atoms with Gasteiger partial charge in [-0.25, -0.2) is 4.98 Å². The fraction of sp³-hybridized carbons (Fsp3) is 0.263. The monoisotopic (exact) mass is 324 g/mol. The van der Waals surface area contributed by atoms with Crippen LogP contribution in [0.1, 0.15) is 29.0 Å². The highest BCUT2D eigenvalue weighted by molar-refractivity contribution is 7.18. The number of para-hydroxylation sites is 1. The number of carbonyl (C=O) groups excluding carboxylic acids is 1. The standard InChI is InChI=1S/C19H20N2OS/c1-13-10-11-14(2)16(12-13)20-18(22)8-5-9-19-21-15-6-3-4-7-17(15)23-19/h3-4,6-7,10-12H,5,8-9H2,1-2H3,(H,20,22). The van der Waals surface area contributed by atoms with Crippen LogP contribution < -0.4 is 5.32 Å². The minimum Gasteiger partial charge on any atom is -0.326 e. The van der Waals surface area contributed by atoms with E-state index in [1.807, 2.05) is 44.2 Å². The maximum absolute atomic E-state index is 12.1. The SMILES string of the molecule is Cc1ccc(C)c(NC(=O)CCCc2nc3ccccc3s2)c1. The maximum Gasteiger partial charge on any atom is 0.224 e. The number of fused-ring (bicyclic) bond motifs is 1. The average molecular weight is 324 g/mol. The molecular weight excluding hydrogens is 304 g/mol. The Morgan fingerprint density at radius 1 is 1.17 bits per heavy atom. The van der Waals surface area contributed by atoms with Crippen LogP contribution in [0.5, 0.6) is 0 Å². The molecule has 4 heteroatoms. The molecule has 0 saturated heterocycles. The van der Waals surface area contributed by atoms with Crippen molar-refractivity contribution < 1.29 is 4.79 Å². The van der Waals surface area contributed by atoms with E-state index >= 15 is 0 Å². The normalized spacial score (nSPS) is 10.9. The summed E-state index contributed by atoms with van der Waals surface area (Å²) in [6.45, 7) is 4.04. The fourth-order valence-electron chi connectivity index (χ4n) is 2.51. The molecule has 2 aromatic carbocycles. The van der Waals surface area contributed by atoms with E-state index in [-0.39, 0.29) is 5.91 Å². The maximum atomic E-state index is 12.1. The number of nitrogens with one attached hydrogen (secondary N) is 1. The first-order valence-corrected chi connectivity index (χ1v) is 8.65. The Bertz CT molecular complexity index is 805. The van der Waals surface area contributed by atoms with Crippen LogP contribution in [-0.4, -0.2) is 10.9 Å². The molecule has 0 atom stereocenters. The van der Waals surface area contributed by atoms with Crippen LogP contribution in [0.25, 0.3) is 10.2 Å². The first kappa shape index (κ1) is 15.7. The number of amides is 1. The third-order valence-corrected chi connectivity index (χ3v) is 4.90. The Labute approximate surface area is 140 Å². The number of aromatic nitrogens is 1. The highest BCUT2D eigenvalue weighted by Crippen LogP contribution is 2.23. The van der Waals surface area contributed by atoms with Gasteiger partial charge in [0.25, 0.3) is 0 Å². The fourth-order valence-corrected chi connectivity index (χ4v) is 3.52. The lowest BCUT2D eigenvalue weighted by Gasteiger charge is -2.09. The Kier molecular flexibility index (Phi) is 4.72. The molecule has 1 aromatic heterocycles. The van der Waals surface area contributed by atoms with Gasteiger partial charge < -0.3 is 5.32 Å². The Morgan fingerprint density at radius 3 is 2.83 bits per heavy atom. The molecule has 3 aromatic rings. The number of nitrogens with zero attached hydrogens (tertiary/aromatic N) is 1. The second-order valence-electron chi connectivity index (χ2n) is 5.80. The van der Waals surface area contributed by atoms with Gasteiger partial charge in [-0.15, -0.1) is 11.3 Å². The number of aryl methyl sites for hydroxylation is 3. The van der Waals surface area contributed by atoms with Crippen molar-refractivity contribution in [2.75, 3.05) is 5.32 Å². The van der Waals surface area contributed by atoms with Crippen LogP contribution in [-0.2, 0) is 11.2 Å². The molecule has 0 unspecified atom stereocenters. The third kappa shape index (κ3) is 3.96. The molecule has 0 radical (unpaired) electrons. The van der Waals surface area contributed by atoms with Gasteiger partial charge in [-0.2, -0.15) is 0 Å². The summed E-state index contributed by atoms with van der Waals surface area (Å²) in [5, 5.41) is 4.11.